The number of aryl methyl sites for hydroxylation is 3. The van der Waals surface area contributed by atoms with Crippen molar-refractivity contribution in [1.82, 2.24) is 19.5 Å². The first-order chi connectivity index (χ1) is 16.0. The van der Waals surface area contributed by atoms with Crippen LogP contribution < -0.4 is 10.3 Å². The first-order valence-electron chi connectivity index (χ1n) is 10.7. The summed E-state index contributed by atoms with van der Waals surface area (Å²) in [5, 5.41) is 12.4. The zero-order valence-corrected chi connectivity index (χ0v) is 22.0. The maximum atomic E-state index is 13.3. The third kappa shape index (κ3) is 4.96. The fourth-order valence-electron chi connectivity index (χ4n) is 3.53. The lowest BCUT2D eigenvalue weighted by Crippen LogP contribution is -2.22. The molecule has 0 aliphatic heterocycles. The molecule has 4 aromatic heterocycles. The Bertz CT molecular complexity index is 1420. The molecule has 4 rings (SSSR count). The Morgan fingerprint density at radius 3 is 2.62 bits per heavy atom. The Labute approximate surface area is 210 Å². The predicted octanol–water partition coefficient (Wildman–Crippen LogP) is 5.25. The smallest absolute Gasteiger partial charge is 0.273 e. The van der Waals surface area contributed by atoms with Crippen LogP contribution in [0.15, 0.2) is 51.3 Å². The SMILES string of the molecule is Cc1cc(COc2cc(C)n(-c3ccnc(-c4nc(C(C)(C)O)ncc4C)c3)c(=O)c2Br)cs1. The van der Waals surface area contributed by atoms with Crippen molar-refractivity contribution in [2.75, 3.05) is 0 Å². The molecule has 7 nitrogen and oxygen atoms in total. The molecule has 34 heavy (non-hydrogen) atoms. The highest BCUT2D eigenvalue weighted by Gasteiger charge is 2.22. The van der Waals surface area contributed by atoms with E-state index in [0.29, 0.717) is 39.7 Å². The van der Waals surface area contributed by atoms with Gasteiger partial charge < -0.3 is 9.84 Å². The summed E-state index contributed by atoms with van der Waals surface area (Å²) < 4.78 is 7.89. The molecule has 0 amide bonds. The molecule has 0 atom stereocenters. The largest absolute Gasteiger partial charge is 0.487 e. The minimum Gasteiger partial charge on any atom is -0.487 e. The van der Waals surface area contributed by atoms with Crippen LogP contribution in [0.1, 0.15) is 41.4 Å². The third-order valence-corrected chi connectivity index (χ3v) is 6.88. The van der Waals surface area contributed by atoms with Gasteiger partial charge in [-0.3, -0.25) is 14.3 Å². The first-order valence-corrected chi connectivity index (χ1v) is 12.3. The number of thiophene rings is 1. The standard InChI is InChI=1S/C25H25BrN4O3S/c1-14-11-28-24(25(4,5)32)29-22(14)19-10-18(6-7-27-19)30-15(2)8-20(21(26)23(30)31)33-12-17-9-16(3)34-13-17/h6-11,13,32H,12H2,1-5H3. The highest BCUT2D eigenvalue weighted by atomic mass is 79.9. The van der Waals surface area contributed by atoms with Crippen molar-refractivity contribution in [3.63, 3.8) is 0 Å². The fourth-order valence-corrected chi connectivity index (χ4v) is 4.62. The number of ether oxygens (including phenoxy) is 1. The van der Waals surface area contributed by atoms with E-state index in [4.69, 9.17) is 4.74 Å². The Morgan fingerprint density at radius 2 is 1.94 bits per heavy atom. The molecule has 4 heterocycles. The van der Waals surface area contributed by atoms with Crippen LogP contribution in [0.4, 0.5) is 0 Å². The van der Waals surface area contributed by atoms with E-state index in [1.54, 1.807) is 54.3 Å². The number of pyridine rings is 2. The minimum atomic E-state index is -1.18. The zero-order valence-electron chi connectivity index (χ0n) is 19.6. The number of hydrogen-bond donors (Lipinski definition) is 1. The van der Waals surface area contributed by atoms with E-state index < -0.39 is 5.60 Å². The van der Waals surface area contributed by atoms with Crippen LogP contribution in [0, 0.1) is 20.8 Å². The van der Waals surface area contributed by atoms with Gasteiger partial charge in [0, 0.05) is 34.6 Å². The minimum absolute atomic E-state index is 0.231. The molecule has 0 aliphatic rings. The molecule has 4 aromatic rings. The lowest BCUT2D eigenvalue weighted by molar-refractivity contribution is 0.0688. The number of hydrogen-bond acceptors (Lipinski definition) is 7. The summed E-state index contributed by atoms with van der Waals surface area (Å²) in [4.78, 5) is 27.7. The maximum Gasteiger partial charge on any atom is 0.273 e. The molecule has 176 valence electrons. The average molecular weight is 541 g/mol. The molecule has 0 spiro atoms. The van der Waals surface area contributed by atoms with Crippen molar-refractivity contribution >= 4 is 27.3 Å². The molecule has 0 saturated heterocycles. The summed E-state index contributed by atoms with van der Waals surface area (Å²) >= 11 is 5.09. The Kier molecular flexibility index (Phi) is 6.71. The summed E-state index contributed by atoms with van der Waals surface area (Å²) in [6.07, 6.45) is 3.30. The van der Waals surface area contributed by atoms with Gasteiger partial charge >= 0.3 is 0 Å². The first kappa shape index (κ1) is 24.3. The van der Waals surface area contributed by atoms with Gasteiger partial charge in [-0.05, 0) is 79.7 Å². The Morgan fingerprint density at radius 1 is 1.18 bits per heavy atom. The third-order valence-electron chi connectivity index (χ3n) is 5.24. The van der Waals surface area contributed by atoms with Gasteiger partial charge in [0.15, 0.2) is 5.82 Å². The molecule has 0 fully saturated rings. The Hall–Kier alpha value is -2.88. The second-order valence-electron chi connectivity index (χ2n) is 8.64. The lowest BCUT2D eigenvalue weighted by Gasteiger charge is -2.17. The van der Waals surface area contributed by atoms with Crippen LogP contribution in [0.3, 0.4) is 0 Å². The van der Waals surface area contributed by atoms with Gasteiger partial charge in [0.2, 0.25) is 0 Å². The van der Waals surface area contributed by atoms with Crippen molar-refractivity contribution in [2.45, 2.75) is 46.8 Å². The normalized spacial score (nSPS) is 11.6. The van der Waals surface area contributed by atoms with E-state index in [2.05, 4.69) is 36.9 Å². The number of aromatic nitrogens is 4. The van der Waals surface area contributed by atoms with Crippen LogP contribution in [0.2, 0.25) is 0 Å². The van der Waals surface area contributed by atoms with Gasteiger partial charge in [0.1, 0.15) is 22.4 Å². The van der Waals surface area contributed by atoms with Crippen LogP contribution >= 0.6 is 27.3 Å². The van der Waals surface area contributed by atoms with E-state index in [9.17, 15) is 9.90 Å². The molecule has 0 aliphatic carbocycles. The number of nitrogens with zero attached hydrogens (tertiary/aromatic N) is 4. The molecule has 0 saturated carbocycles. The van der Waals surface area contributed by atoms with Crippen LogP contribution in [-0.4, -0.2) is 24.6 Å². The van der Waals surface area contributed by atoms with Crippen molar-refractivity contribution in [3.05, 3.63) is 84.4 Å². The molecule has 9 heteroatoms. The molecule has 1 N–H and O–H groups in total. The molecular formula is C25H25BrN4O3S. The fraction of sp³-hybridized carbons (Fsp3) is 0.280. The zero-order chi connectivity index (χ0) is 24.6. The summed E-state index contributed by atoms with van der Waals surface area (Å²) in [5.74, 6) is 0.803. The second kappa shape index (κ2) is 9.40. The van der Waals surface area contributed by atoms with Crippen molar-refractivity contribution in [1.29, 1.82) is 0 Å². The summed E-state index contributed by atoms with van der Waals surface area (Å²) in [5.41, 5.74) is 3.02. The number of rotatable bonds is 6. The van der Waals surface area contributed by atoms with Crippen LogP contribution in [0.5, 0.6) is 5.75 Å². The van der Waals surface area contributed by atoms with Crippen LogP contribution in [-0.2, 0) is 12.2 Å². The monoisotopic (exact) mass is 540 g/mol. The van der Waals surface area contributed by atoms with Crippen molar-refractivity contribution in [3.8, 4) is 22.8 Å². The van der Waals surface area contributed by atoms with Gasteiger partial charge in [-0.15, -0.1) is 11.3 Å². The summed E-state index contributed by atoms with van der Waals surface area (Å²) in [7, 11) is 0. The van der Waals surface area contributed by atoms with E-state index in [1.165, 1.54) is 4.88 Å². The molecule has 0 bridgehead atoms. The van der Waals surface area contributed by atoms with E-state index in [1.807, 2.05) is 32.2 Å². The van der Waals surface area contributed by atoms with Gasteiger partial charge in [-0.25, -0.2) is 9.97 Å². The highest BCUT2D eigenvalue weighted by Crippen LogP contribution is 2.28. The predicted molar refractivity (Wildman–Crippen MR) is 137 cm³/mol. The quantitative estimate of drug-likeness (QED) is 0.359. The highest BCUT2D eigenvalue weighted by molar-refractivity contribution is 9.10. The van der Waals surface area contributed by atoms with E-state index >= 15 is 0 Å². The topological polar surface area (TPSA) is 90.1 Å². The number of halogens is 1. The molecular weight excluding hydrogens is 516 g/mol. The van der Waals surface area contributed by atoms with Gasteiger partial charge in [0.25, 0.3) is 5.56 Å². The van der Waals surface area contributed by atoms with Gasteiger partial charge in [0.05, 0.1) is 17.1 Å². The lowest BCUT2D eigenvalue weighted by atomic mass is 10.1. The summed E-state index contributed by atoms with van der Waals surface area (Å²) in [6, 6.07) is 7.49. The van der Waals surface area contributed by atoms with E-state index in [-0.39, 0.29) is 5.56 Å². The summed E-state index contributed by atoms with van der Waals surface area (Å²) in [6.45, 7) is 9.45. The second-order valence-corrected chi connectivity index (χ2v) is 10.6. The maximum absolute atomic E-state index is 13.3. The molecule has 0 radical (unpaired) electrons. The molecule has 0 unspecified atom stereocenters. The van der Waals surface area contributed by atoms with Gasteiger partial charge in [-0.1, -0.05) is 0 Å². The van der Waals surface area contributed by atoms with Crippen LogP contribution in [0.25, 0.3) is 17.1 Å². The number of aliphatic hydroxyl groups is 1. The van der Waals surface area contributed by atoms with Crippen molar-refractivity contribution < 1.29 is 9.84 Å². The molecule has 0 aromatic carbocycles. The van der Waals surface area contributed by atoms with Gasteiger partial charge in [-0.2, -0.15) is 0 Å². The Balaban J connectivity index is 1.72. The van der Waals surface area contributed by atoms with E-state index in [0.717, 1.165) is 16.8 Å². The van der Waals surface area contributed by atoms with Crippen molar-refractivity contribution in [2.24, 2.45) is 0 Å². The average Bonchev–Trinajstić information content (AvgIpc) is 3.20.